The molecule has 0 aromatic heterocycles. The Labute approximate surface area is 172 Å². The third-order valence-electron chi connectivity index (χ3n) is 6.51. The fourth-order valence-electron chi connectivity index (χ4n) is 5.13. The first-order valence-corrected chi connectivity index (χ1v) is 11.2. The highest BCUT2D eigenvalue weighted by atomic mass is 35.5. The molecule has 1 saturated heterocycles. The van der Waals surface area contributed by atoms with Crippen molar-refractivity contribution in [1.82, 2.24) is 0 Å². The summed E-state index contributed by atoms with van der Waals surface area (Å²) >= 11 is 5.89. The second kappa shape index (κ2) is 7.34. The molecule has 0 radical (unpaired) electrons. The Morgan fingerprint density at radius 2 is 1.97 bits per heavy atom. The van der Waals surface area contributed by atoms with E-state index in [-0.39, 0.29) is 30.1 Å². The fourth-order valence-corrected chi connectivity index (χ4v) is 7.79. The zero-order valence-electron chi connectivity index (χ0n) is 15.3. The average Bonchev–Trinajstić information content (AvgIpc) is 2.70. The molecule has 1 aliphatic heterocycles. The number of rotatable bonds is 3. The molecule has 6 atom stereocenters. The summed E-state index contributed by atoms with van der Waals surface area (Å²) in [6, 6.07) is 5.52. The molecule has 2 N–H and O–H groups in total. The van der Waals surface area contributed by atoms with Gasteiger partial charge in [-0.2, -0.15) is 0 Å². The third-order valence-corrected chi connectivity index (χ3v) is 9.42. The predicted molar refractivity (Wildman–Crippen MR) is 102 cm³/mol. The van der Waals surface area contributed by atoms with Crippen LogP contribution in [0.1, 0.15) is 12.8 Å². The van der Waals surface area contributed by atoms with Crippen LogP contribution in [0.25, 0.3) is 0 Å². The molecule has 1 aromatic rings. The molecular formula is C20H21ClF2O5S. The molecule has 0 spiro atoms. The standard InChI is InChI=1S/C20H21ClF2O5S/c21-11-1-3-12(4-2-11)29(26,27)20-8-7-17(25)13(9-24)14(20)10-28-19-16(23)6-5-15(22)18(19)20/h1-6,13-15,17-18,24-25H,7-10H2/t13-,14-,15?,17+,18?,20-/m0/s1. The SMILES string of the molecule is O=S(=O)(c1ccc(Cl)cc1)[C@@]12CC[C@@H](O)[C@@H](CO)[C@@H]1COC1=C(F)C=CC(F)C12. The van der Waals surface area contributed by atoms with Crippen LogP contribution in [0.2, 0.25) is 5.02 Å². The highest BCUT2D eigenvalue weighted by molar-refractivity contribution is 7.93. The number of allylic oxidation sites excluding steroid dienone is 4. The van der Waals surface area contributed by atoms with E-state index in [9.17, 15) is 23.0 Å². The van der Waals surface area contributed by atoms with Crippen molar-refractivity contribution in [1.29, 1.82) is 0 Å². The first-order valence-electron chi connectivity index (χ1n) is 9.38. The van der Waals surface area contributed by atoms with Gasteiger partial charge in [-0.05, 0) is 49.3 Å². The van der Waals surface area contributed by atoms with Crippen LogP contribution in [0.3, 0.4) is 0 Å². The van der Waals surface area contributed by atoms with Crippen LogP contribution in [0.15, 0.2) is 52.9 Å². The van der Waals surface area contributed by atoms with E-state index in [1.165, 1.54) is 24.3 Å². The van der Waals surface area contributed by atoms with E-state index in [4.69, 9.17) is 16.3 Å². The van der Waals surface area contributed by atoms with E-state index < -0.39 is 57.0 Å². The maximum absolute atomic E-state index is 15.2. The lowest BCUT2D eigenvalue weighted by Crippen LogP contribution is -2.65. The van der Waals surface area contributed by atoms with Gasteiger partial charge in [-0.1, -0.05) is 11.6 Å². The quantitative estimate of drug-likeness (QED) is 0.745. The summed E-state index contributed by atoms with van der Waals surface area (Å²) in [6.45, 7) is -0.733. The van der Waals surface area contributed by atoms with Crippen LogP contribution in [-0.2, 0) is 14.6 Å². The Bertz CT molecular complexity index is 962. The minimum Gasteiger partial charge on any atom is -0.494 e. The number of ether oxygens (including phenoxy) is 1. The van der Waals surface area contributed by atoms with Crippen LogP contribution in [0.5, 0.6) is 0 Å². The molecule has 29 heavy (non-hydrogen) atoms. The average molecular weight is 447 g/mol. The van der Waals surface area contributed by atoms with E-state index in [1.807, 2.05) is 0 Å². The van der Waals surface area contributed by atoms with Crippen LogP contribution in [-0.4, -0.2) is 48.9 Å². The predicted octanol–water partition coefficient (Wildman–Crippen LogP) is 2.97. The molecule has 3 aliphatic rings. The van der Waals surface area contributed by atoms with E-state index in [1.54, 1.807) is 0 Å². The van der Waals surface area contributed by atoms with Crippen molar-refractivity contribution in [2.75, 3.05) is 13.2 Å². The maximum Gasteiger partial charge on any atom is 0.185 e. The minimum absolute atomic E-state index is 0.0381. The highest BCUT2D eigenvalue weighted by Gasteiger charge is 2.66. The molecule has 2 fully saturated rings. The van der Waals surface area contributed by atoms with E-state index in [0.717, 1.165) is 12.2 Å². The van der Waals surface area contributed by atoms with Crippen molar-refractivity contribution in [2.24, 2.45) is 17.8 Å². The number of hydrogen-bond donors (Lipinski definition) is 2. The highest BCUT2D eigenvalue weighted by Crippen LogP contribution is 2.57. The summed E-state index contributed by atoms with van der Waals surface area (Å²) in [4.78, 5) is -0.0663. The van der Waals surface area contributed by atoms with Gasteiger partial charge < -0.3 is 14.9 Å². The Morgan fingerprint density at radius 1 is 1.28 bits per heavy atom. The maximum atomic E-state index is 15.2. The topological polar surface area (TPSA) is 83.8 Å². The largest absolute Gasteiger partial charge is 0.494 e. The van der Waals surface area contributed by atoms with Gasteiger partial charge in [-0.3, -0.25) is 0 Å². The molecule has 9 heteroatoms. The number of hydrogen-bond acceptors (Lipinski definition) is 5. The summed E-state index contributed by atoms with van der Waals surface area (Å²) in [5.74, 6) is -4.29. The van der Waals surface area contributed by atoms with Crippen molar-refractivity contribution in [3.63, 3.8) is 0 Å². The molecule has 1 aromatic carbocycles. The first-order chi connectivity index (χ1) is 13.7. The number of aliphatic hydroxyl groups is 2. The Hall–Kier alpha value is -1.48. The summed E-state index contributed by atoms with van der Waals surface area (Å²) in [7, 11) is -4.23. The van der Waals surface area contributed by atoms with E-state index in [0.29, 0.717) is 5.02 Å². The molecule has 0 amide bonds. The summed E-state index contributed by atoms with van der Waals surface area (Å²) < 4.78 is 61.3. The molecule has 158 valence electrons. The van der Waals surface area contributed by atoms with Crippen molar-refractivity contribution in [3.8, 4) is 0 Å². The minimum atomic E-state index is -4.23. The van der Waals surface area contributed by atoms with E-state index in [2.05, 4.69) is 0 Å². The number of aliphatic hydroxyl groups excluding tert-OH is 2. The monoisotopic (exact) mass is 446 g/mol. The van der Waals surface area contributed by atoms with Crippen LogP contribution in [0, 0.1) is 17.8 Å². The zero-order valence-corrected chi connectivity index (χ0v) is 16.9. The van der Waals surface area contributed by atoms with Gasteiger partial charge in [0.1, 0.15) is 11.9 Å². The zero-order chi connectivity index (χ0) is 21.0. The van der Waals surface area contributed by atoms with Gasteiger partial charge in [-0.25, -0.2) is 17.2 Å². The number of halogens is 3. The van der Waals surface area contributed by atoms with E-state index >= 15 is 4.39 Å². The Kier molecular flexibility index (Phi) is 5.26. The van der Waals surface area contributed by atoms with Gasteiger partial charge in [0.05, 0.1) is 28.3 Å². The van der Waals surface area contributed by atoms with Crippen LogP contribution < -0.4 is 0 Å². The molecule has 1 saturated carbocycles. The second-order valence-electron chi connectivity index (χ2n) is 7.78. The summed E-state index contributed by atoms with van der Waals surface area (Å²) in [5, 5.41) is 20.6. The fraction of sp³-hybridized carbons (Fsp3) is 0.500. The molecule has 5 nitrogen and oxygen atoms in total. The van der Waals surface area contributed by atoms with Crippen molar-refractivity contribution < 1.29 is 32.1 Å². The number of fused-ring (bicyclic) bond motifs is 3. The lowest BCUT2D eigenvalue weighted by Gasteiger charge is -2.56. The Morgan fingerprint density at radius 3 is 2.62 bits per heavy atom. The molecule has 1 heterocycles. The van der Waals surface area contributed by atoms with Crippen LogP contribution >= 0.6 is 11.6 Å². The van der Waals surface area contributed by atoms with Gasteiger partial charge in [0, 0.05) is 23.5 Å². The Balaban J connectivity index is 1.96. The van der Waals surface area contributed by atoms with Gasteiger partial charge >= 0.3 is 0 Å². The number of benzene rings is 1. The second-order valence-corrected chi connectivity index (χ2v) is 10.5. The van der Waals surface area contributed by atoms with Gasteiger partial charge in [0.2, 0.25) is 0 Å². The lowest BCUT2D eigenvalue weighted by molar-refractivity contribution is -0.0898. The van der Waals surface area contributed by atoms with Gasteiger partial charge in [0.25, 0.3) is 0 Å². The first kappa shape index (κ1) is 20.8. The number of sulfone groups is 1. The molecular weight excluding hydrogens is 426 g/mol. The smallest absolute Gasteiger partial charge is 0.185 e. The van der Waals surface area contributed by atoms with Crippen molar-refractivity contribution >= 4 is 21.4 Å². The van der Waals surface area contributed by atoms with Crippen LogP contribution in [0.4, 0.5) is 8.78 Å². The molecule has 2 unspecified atom stereocenters. The van der Waals surface area contributed by atoms with Gasteiger partial charge in [-0.15, -0.1) is 0 Å². The number of alkyl halides is 1. The lowest BCUT2D eigenvalue weighted by atomic mass is 9.62. The molecule has 0 bridgehead atoms. The summed E-state index contributed by atoms with van der Waals surface area (Å²) in [5.41, 5.74) is 0. The summed E-state index contributed by atoms with van der Waals surface area (Å²) in [6.07, 6.45) is -0.859. The normalized spacial score (nSPS) is 36.9. The third kappa shape index (κ3) is 2.95. The van der Waals surface area contributed by atoms with Crippen molar-refractivity contribution in [3.05, 3.63) is 53.0 Å². The van der Waals surface area contributed by atoms with Crippen molar-refractivity contribution in [2.45, 2.75) is 34.8 Å². The van der Waals surface area contributed by atoms with Gasteiger partial charge in [0.15, 0.2) is 15.7 Å². The molecule has 4 rings (SSSR count). The molecule has 2 aliphatic carbocycles.